The number of nitrogens with two attached hydrogens (primary N) is 1. The largest absolute Gasteiger partial charge is 0.397 e. The second-order valence-corrected chi connectivity index (χ2v) is 5.38. The van der Waals surface area contributed by atoms with E-state index in [0.29, 0.717) is 22.7 Å². The van der Waals surface area contributed by atoms with Crippen molar-refractivity contribution in [1.82, 2.24) is 10.3 Å². The van der Waals surface area contributed by atoms with Gasteiger partial charge in [-0.05, 0) is 26.2 Å². The molecule has 6 heteroatoms. The van der Waals surface area contributed by atoms with Crippen LogP contribution in [0.1, 0.15) is 23.0 Å². The Morgan fingerprint density at radius 2 is 2.33 bits per heavy atom. The summed E-state index contributed by atoms with van der Waals surface area (Å²) in [6.45, 7) is 3.63. The van der Waals surface area contributed by atoms with E-state index in [9.17, 15) is 9.90 Å². The molecule has 1 unspecified atom stereocenters. The number of aromatic nitrogens is 1. The second-order valence-electron chi connectivity index (χ2n) is 4.51. The monoisotopic (exact) mass is 269 g/mol. The molecule has 0 saturated heterocycles. The number of hydrogen-bond acceptors (Lipinski definition) is 5. The van der Waals surface area contributed by atoms with E-state index in [2.05, 4.69) is 10.3 Å². The standard InChI is InChI=1S/C12H19N3O2S/c1-8-10(4-9(13)5-14-8)11(16)15-6-12(2,17)7-18-3/h4-5,17H,6-7,13H2,1-3H3,(H,15,16). The predicted molar refractivity (Wildman–Crippen MR) is 74.7 cm³/mol. The summed E-state index contributed by atoms with van der Waals surface area (Å²) in [4.78, 5) is 16.0. The number of nitrogens with zero attached hydrogens (tertiary/aromatic N) is 1. The number of nitrogens with one attached hydrogen (secondary N) is 1. The highest BCUT2D eigenvalue weighted by Crippen LogP contribution is 2.12. The number of carbonyl (C=O) groups excluding carboxylic acids is 1. The molecule has 0 saturated carbocycles. The summed E-state index contributed by atoms with van der Waals surface area (Å²) in [5, 5.41) is 12.7. The molecule has 0 aliphatic heterocycles. The first-order chi connectivity index (χ1) is 8.35. The normalized spacial score (nSPS) is 14.0. The molecule has 1 heterocycles. The number of aliphatic hydroxyl groups is 1. The number of pyridine rings is 1. The van der Waals surface area contributed by atoms with Crippen molar-refractivity contribution in [2.75, 3.05) is 24.3 Å². The highest BCUT2D eigenvalue weighted by atomic mass is 32.2. The van der Waals surface area contributed by atoms with E-state index in [1.165, 1.54) is 18.0 Å². The van der Waals surface area contributed by atoms with E-state index < -0.39 is 5.60 Å². The maximum atomic E-state index is 11.9. The summed E-state index contributed by atoms with van der Waals surface area (Å²) in [5.74, 6) is 0.287. The van der Waals surface area contributed by atoms with Gasteiger partial charge in [-0.3, -0.25) is 9.78 Å². The Balaban J connectivity index is 2.69. The van der Waals surface area contributed by atoms with Gasteiger partial charge in [0.1, 0.15) is 0 Å². The average molecular weight is 269 g/mol. The number of anilines is 1. The lowest BCUT2D eigenvalue weighted by atomic mass is 10.1. The smallest absolute Gasteiger partial charge is 0.253 e. The molecule has 0 bridgehead atoms. The highest BCUT2D eigenvalue weighted by molar-refractivity contribution is 7.98. The Morgan fingerprint density at radius 3 is 2.94 bits per heavy atom. The molecule has 18 heavy (non-hydrogen) atoms. The number of aryl methyl sites for hydroxylation is 1. The van der Waals surface area contributed by atoms with Crippen molar-refractivity contribution in [2.45, 2.75) is 19.4 Å². The molecule has 4 N–H and O–H groups in total. The molecule has 1 atom stereocenters. The van der Waals surface area contributed by atoms with E-state index in [0.717, 1.165) is 0 Å². The lowest BCUT2D eigenvalue weighted by Gasteiger charge is -2.22. The Labute approximate surface area is 111 Å². The lowest BCUT2D eigenvalue weighted by molar-refractivity contribution is 0.0724. The molecule has 0 aliphatic rings. The molecule has 1 amide bonds. The van der Waals surface area contributed by atoms with Crippen molar-refractivity contribution >= 4 is 23.4 Å². The van der Waals surface area contributed by atoms with Crippen LogP contribution in [0.15, 0.2) is 12.3 Å². The predicted octanol–water partition coefficient (Wildman–Crippen LogP) is 0.816. The molecule has 0 aliphatic carbocycles. The van der Waals surface area contributed by atoms with Crippen molar-refractivity contribution in [3.8, 4) is 0 Å². The van der Waals surface area contributed by atoms with Crippen LogP contribution in [0.2, 0.25) is 0 Å². The number of hydrogen-bond donors (Lipinski definition) is 3. The van der Waals surface area contributed by atoms with Gasteiger partial charge in [0.2, 0.25) is 0 Å². The van der Waals surface area contributed by atoms with Crippen LogP contribution in [0.25, 0.3) is 0 Å². The van der Waals surface area contributed by atoms with Crippen LogP contribution in [-0.2, 0) is 0 Å². The summed E-state index contributed by atoms with van der Waals surface area (Å²) >= 11 is 1.53. The number of nitrogen functional groups attached to an aromatic ring is 1. The number of thioether (sulfide) groups is 1. The Hall–Kier alpha value is -1.27. The first-order valence-corrected chi connectivity index (χ1v) is 6.97. The van der Waals surface area contributed by atoms with E-state index in [1.54, 1.807) is 19.9 Å². The van der Waals surface area contributed by atoms with E-state index in [-0.39, 0.29) is 12.5 Å². The van der Waals surface area contributed by atoms with Crippen LogP contribution in [0.4, 0.5) is 5.69 Å². The fourth-order valence-electron chi connectivity index (χ4n) is 1.51. The fraction of sp³-hybridized carbons (Fsp3) is 0.500. The van der Waals surface area contributed by atoms with Crippen LogP contribution < -0.4 is 11.1 Å². The third-order valence-corrected chi connectivity index (χ3v) is 3.35. The minimum atomic E-state index is -0.920. The molecule has 100 valence electrons. The molecule has 1 aromatic rings. The molecule has 0 aromatic carbocycles. The van der Waals surface area contributed by atoms with E-state index in [4.69, 9.17) is 5.73 Å². The minimum absolute atomic E-state index is 0.195. The molecular weight excluding hydrogens is 250 g/mol. The van der Waals surface area contributed by atoms with Gasteiger partial charge in [-0.15, -0.1) is 0 Å². The Bertz CT molecular complexity index is 435. The Morgan fingerprint density at radius 1 is 1.67 bits per heavy atom. The van der Waals surface area contributed by atoms with Gasteiger partial charge < -0.3 is 16.2 Å². The molecule has 0 fully saturated rings. The third-order valence-electron chi connectivity index (χ3n) is 2.44. The molecule has 0 spiro atoms. The third kappa shape index (κ3) is 4.19. The van der Waals surface area contributed by atoms with E-state index in [1.807, 2.05) is 6.26 Å². The summed E-state index contributed by atoms with van der Waals surface area (Å²) < 4.78 is 0. The molecular formula is C12H19N3O2S. The molecule has 5 nitrogen and oxygen atoms in total. The van der Waals surface area contributed by atoms with Gasteiger partial charge in [0.25, 0.3) is 5.91 Å². The maximum absolute atomic E-state index is 11.9. The first kappa shape index (κ1) is 14.8. The van der Waals surface area contributed by atoms with Crippen molar-refractivity contribution in [3.05, 3.63) is 23.5 Å². The number of amides is 1. The second kappa shape index (κ2) is 6.06. The van der Waals surface area contributed by atoms with Crippen molar-refractivity contribution in [1.29, 1.82) is 0 Å². The van der Waals surface area contributed by atoms with Crippen molar-refractivity contribution < 1.29 is 9.90 Å². The Kier molecular flexibility index (Phi) is 4.98. The quantitative estimate of drug-likeness (QED) is 0.736. The number of rotatable bonds is 5. The summed E-state index contributed by atoms with van der Waals surface area (Å²) in [6, 6.07) is 1.58. The zero-order chi connectivity index (χ0) is 13.8. The highest BCUT2D eigenvalue weighted by Gasteiger charge is 2.21. The van der Waals surface area contributed by atoms with Crippen LogP contribution in [0.3, 0.4) is 0 Å². The summed E-state index contributed by atoms with van der Waals surface area (Å²) in [6.07, 6.45) is 3.41. The minimum Gasteiger partial charge on any atom is -0.397 e. The zero-order valence-corrected chi connectivity index (χ0v) is 11.7. The van der Waals surface area contributed by atoms with Crippen LogP contribution in [-0.4, -0.2) is 40.2 Å². The number of carbonyl (C=O) groups is 1. The van der Waals surface area contributed by atoms with Gasteiger partial charge in [0.05, 0.1) is 28.7 Å². The summed E-state index contributed by atoms with van der Waals surface area (Å²) in [5.41, 5.74) is 6.18. The van der Waals surface area contributed by atoms with Gasteiger partial charge >= 0.3 is 0 Å². The van der Waals surface area contributed by atoms with Crippen molar-refractivity contribution in [3.63, 3.8) is 0 Å². The van der Waals surface area contributed by atoms with Gasteiger partial charge in [0, 0.05) is 12.3 Å². The average Bonchev–Trinajstić information content (AvgIpc) is 2.29. The lowest BCUT2D eigenvalue weighted by Crippen LogP contribution is -2.42. The van der Waals surface area contributed by atoms with Crippen LogP contribution in [0.5, 0.6) is 0 Å². The van der Waals surface area contributed by atoms with Gasteiger partial charge in [-0.1, -0.05) is 0 Å². The summed E-state index contributed by atoms with van der Waals surface area (Å²) in [7, 11) is 0. The zero-order valence-electron chi connectivity index (χ0n) is 10.9. The fourth-order valence-corrected chi connectivity index (χ4v) is 2.23. The first-order valence-electron chi connectivity index (χ1n) is 5.57. The van der Waals surface area contributed by atoms with Crippen LogP contribution in [0, 0.1) is 6.92 Å². The SMILES string of the molecule is CSCC(C)(O)CNC(=O)c1cc(N)cnc1C. The molecule has 1 rings (SSSR count). The molecule has 0 radical (unpaired) electrons. The van der Waals surface area contributed by atoms with Crippen molar-refractivity contribution in [2.24, 2.45) is 0 Å². The van der Waals surface area contributed by atoms with Crippen LogP contribution >= 0.6 is 11.8 Å². The molecule has 1 aromatic heterocycles. The van der Waals surface area contributed by atoms with E-state index >= 15 is 0 Å². The van der Waals surface area contributed by atoms with Gasteiger partial charge in [-0.2, -0.15) is 11.8 Å². The van der Waals surface area contributed by atoms with Gasteiger partial charge in [-0.25, -0.2) is 0 Å². The topological polar surface area (TPSA) is 88.2 Å². The van der Waals surface area contributed by atoms with Gasteiger partial charge in [0.15, 0.2) is 0 Å². The maximum Gasteiger partial charge on any atom is 0.253 e.